The third-order valence-electron chi connectivity index (χ3n) is 3.43. The Hall–Kier alpha value is -0.810. The molecular formula is C12H24N2O3. The Labute approximate surface area is 104 Å². The van der Waals surface area contributed by atoms with Crippen LogP contribution in [0.4, 0.5) is 4.79 Å². The number of nitrogens with zero attached hydrogens (tertiary/aromatic N) is 2. The molecule has 2 unspecified atom stereocenters. The quantitative estimate of drug-likeness (QED) is 0.675. The molecule has 1 saturated heterocycles. The first-order valence-electron chi connectivity index (χ1n) is 6.23. The van der Waals surface area contributed by atoms with E-state index >= 15 is 0 Å². The summed E-state index contributed by atoms with van der Waals surface area (Å²) in [6.45, 7) is 6.96. The summed E-state index contributed by atoms with van der Waals surface area (Å²) in [5.41, 5.74) is 0. The Kier molecular flexibility index (Phi) is 5.71. The van der Waals surface area contributed by atoms with Crippen molar-refractivity contribution in [1.82, 2.24) is 9.80 Å². The highest BCUT2D eigenvalue weighted by Gasteiger charge is 2.34. The molecule has 1 heterocycles. The minimum atomic E-state index is 0.102. The zero-order valence-corrected chi connectivity index (χ0v) is 11.3. The predicted octanol–water partition coefficient (Wildman–Crippen LogP) is 1.18. The maximum atomic E-state index is 12.1. The van der Waals surface area contributed by atoms with Crippen molar-refractivity contribution < 1.29 is 14.3 Å². The molecule has 0 aromatic heterocycles. The lowest BCUT2D eigenvalue weighted by molar-refractivity contribution is 0.0374. The van der Waals surface area contributed by atoms with Crippen molar-refractivity contribution >= 4 is 6.03 Å². The molecule has 0 radical (unpaired) electrons. The first kappa shape index (κ1) is 14.3. The van der Waals surface area contributed by atoms with Crippen LogP contribution in [0.2, 0.25) is 0 Å². The standard InChI is InChI=1S/C12H24N2O3/c1-5-11(17-4)10(2)14-7-6-13(12(14)15)8-9-16-3/h10-11H,5-9H2,1-4H3. The number of hydrogen-bond acceptors (Lipinski definition) is 3. The molecule has 1 rings (SSSR count). The molecule has 0 aromatic rings. The van der Waals surface area contributed by atoms with Gasteiger partial charge < -0.3 is 19.3 Å². The third-order valence-corrected chi connectivity index (χ3v) is 3.43. The number of amides is 2. The fourth-order valence-corrected chi connectivity index (χ4v) is 2.29. The molecular weight excluding hydrogens is 220 g/mol. The van der Waals surface area contributed by atoms with Gasteiger partial charge in [-0.1, -0.05) is 6.92 Å². The molecule has 0 N–H and O–H groups in total. The van der Waals surface area contributed by atoms with Gasteiger partial charge in [-0.2, -0.15) is 0 Å². The van der Waals surface area contributed by atoms with Crippen molar-refractivity contribution in [3.8, 4) is 0 Å². The molecule has 2 atom stereocenters. The van der Waals surface area contributed by atoms with Gasteiger partial charge in [0.05, 0.1) is 18.8 Å². The Balaban J connectivity index is 2.53. The van der Waals surface area contributed by atoms with Crippen molar-refractivity contribution in [3.05, 3.63) is 0 Å². The number of carbonyl (C=O) groups is 1. The number of methoxy groups -OCH3 is 2. The molecule has 1 aliphatic heterocycles. The molecule has 5 nitrogen and oxygen atoms in total. The van der Waals surface area contributed by atoms with Crippen LogP contribution in [0.25, 0.3) is 0 Å². The van der Waals surface area contributed by atoms with Crippen LogP contribution in [0.15, 0.2) is 0 Å². The van der Waals surface area contributed by atoms with Crippen LogP contribution in [0.3, 0.4) is 0 Å². The van der Waals surface area contributed by atoms with Gasteiger partial charge in [0, 0.05) is 33.9 Å². The van der Waals surface area contributed by atoms with Gasteiger partial charge in [-0.25, -0.2) is 4.79 Å². The number of ether oxygens (including phenoxy) is 2. The number of rotatable bonds is 7. The second kappa shape index (κ2) is 6.81. The van der Waals surface area contributed by atoms with Crippen molar-refractivity contribution in [2.45, 2.75) is 32.4 Å². The van der Waals surface area contributed by atoms with Crippen LogP contribution in [0, 0.1) is 0 Å². The van der Waals surface area contributed by atoms with Crippen molar-refractivity contribution in [3.63, 3.8) is 0 Å². The summed E-state index contributed by atoms with van der Waals surface area (Å²) in [6, 6.07) is 0.232. The van der Waals surface area contributed by atoms with Gasteiger partial charge in [0.15, 0.2) is 0 Å². The van der Waals surface area contributed by atoms with Crippen LogP contribution in [-0.4, -0.2) is 68.4 Å². The van der Waals surface area contributed by atoms with E-state index in [0.29, 0.717) is 13.2 Å². The zero-order valence-electron chi connectivity index (χ0n) is 11.3. The zero-order chi connectivity index (χ0) is 12.8. The monoisotopic (exact) mass is 244 g/mol. The van der Waals surface area contributed by atoms with E-state index in [1.807, 2.05) is 9.80 Å². The molecule has 0 saturated carbocycles. The highest BCUT2D eigenvalue weighted by atomic mass is 16.5. The largest absolute Gasteiger partial charge is 0.383 e. The normalized spacial score (nSPS) is 19.9. The number of carbonyl (C=O) groups excluding carboxylic acids is 1. The van der Waals surface area contributed by atoms with E-state index in [0.717, 1.165) is 19.5 Å². The van der Waals surface area contributed by atoms with Crippen LogP contribution < -0.4 is 0 Å². The highest BCUT2D eigenvalue weighted by Crippen LogP contribution is 2.17. The second-order valence-corrected chi connectivity index (χ2v) is 4.38. The van der Waals surface area contributed by atoms with Gasteiger partial charge in [-0.05, 0) is 13.3 Å². The topological polar surface area (TPSA) is 42.0 Å². The predicted molar refractivity (Wildman–Crippen MR) is 66.1 cm³/mol. The molecule has 0 bridgehead atoms. The van der Waals surface area contributed by atoms with Crippen LogP contribution in [-0.2, 0) is 9.47 Å². The second-order valence-electron chi connectivity index (χ2n) is 4.38. The third kappa shape index (κ3) is 3.33. The lowest BCUT2D eigenvalue weighted by atomic mass is 10.1. The minimum Gasteiger partial charge on any atom is -0.383 e. The summed E-state index contributed by atoms with van der Waals surface area (Å²) in [5, 5.41) is 0. The maximum absolute atomic E-state index is 12.1. The van der Waals surface area contributed by atoms with Gasteiger partial charge in [-0.3, -0.25) is 0 Å². The van der Waals surface area contributed by atoms with E-state index in [1.165, 1.54) is 0 Å². The van der Waals surface area contributed by atoms with E-state index in [4.69, 9.17) is 9.47 Å². The fraction of sp³-hybridized carbons (Fsp3) is 0.917. The van der Waals surface area contributed by atoms with Gasteiger partial charge in [0.2, 0.25) is 0 Å². The van der Waals surface area contributed by atoms with E-state index in [9.17, 15) is 4.79 Å². The van der Waals surface area contributed by atoms with Crippen molar-refractivity contribution in [2.75, 3.05) is 40.5 Å². The molecule has 0 aliphatic carbocycles. The van der Waals surface area contributed by atoms with Crippen LogP contribution in [0.1, 0.15) is 20.3 Å². The minimum absolute atomic E-state index is 0.102. The molecule has 2 amide bonds. The van der Waals surface area contributed by atoms with Crippen molar-refractivity contribution in [1.29, 1.82) is 0 Å². The van der Waals surface area contributed by atoms with Gasteiger partial charge in [-0.15, -0.1) is 0 Å². The van der Waals surface area contributed by atoms with E-state index in [1.54, 1.807) is 14.2 Å². The Morgan fingerprint density at radius 3 is 2.59 bits per heavy atom. The number of hydrogen-bond donors (Lipinski definition) is 0. The fourth-order valence-electron chi connectivity index (χ4n) is 2.29. The van der Waals surface area contributed by atoms with Gasteiger partial charge >= 0.3 is 6.03 Å². The Bertz CT molecular complexity index is 244. The molecule has 0 aromatic carbocycles. The summed E-state index contributed by atoms with van der Waals surface area (Å²) in [6.07, 6.45) is 1.03. The Morgan fingerprint density at radius 1 is 1.35 bits per heavy atom. The average molecular weight is 244 g/mol. The first-order valence-corrected chi connectivity index (χ1v) is 6.23. The van der Waals surface area contributed by atoms with Gasteiger partial charge in [0.25, 0.3) is 0 Å². The lowest BCUT2D eigenvalue weighted by Gasteiger charge is -2.30. The highest BCUT2D eigenvalue weighted by molar-refractivity contribution is 5.76. The summed E-state index contributed by atoms with van der Waals surface area (Å²) in [5.74, 6) is 0. The molecule has 5 heteroatoms. The first-order chi connectivity index (χ1) is 8.15. The maximum Gasteiger partial charge on any atom is 0.320 e. The summed E-state index contributed by atoms with van der Waals surface area (Å²) in [4.78, 5) is 15.9. The van der Waals surface area contributed by atoms with Crippen LogP contribution >= 0.6 is 0 Å². The Morgan fingerprint density at radius 2 is 2.06 bits per heavy atom. The van der Waals surface area contributed by atoms with E-state index < -0.39 is 0 Å². The summed E-state index contributed by atoms with van der Waals surface area (Å²) >= 11 is 0. The summed E-state index contributed by atoms with van der Waals surface area (Å²) < 4.78 is 10.4. The summed E-state index contributed by atoms with van der Waals surface area (Å²) in [7, 11) is 3.35. The van der Waals surface area contributed by atoms with E-state index in [2.05, 4.69) is 13.8 Å². The van der Waals surface area contributed by atoms with Gasteiger partial charge in [0.1, 0.15) is 0 Å². The SMILES string of the molecule is CCC(OC)C(C)N1CCN(CCOC)C1=O. The number of urea groups is 1. The smallest absolute Gasteiger partial charge is 0.320 e. The molecule has 17 heavy (non-hydrogen) atoms. The molecule has 1 fully saturated rings. The molecule has 100 valence electrons. The van der Waals surface area contributed by atoms with Crippen LogP contribution in [0.5, 0.6) is 0 Å². The molecule has 1 aliphatic rings. The van der Waals surface area contributed by atoms with E-state index in [-0.39, 0.29) is 18.2 Å². The van der Waals surface area contributed by atoms with Crippen molar-refractivity contribution in [2.24, 2.45) is 0 Å². The lowest BCUT2D eigenvalue weighted by Crippen LogP contribution is -2.45. The molecule has 0 spiro atoms. The average Bonchev–Trinajstić information content (AvgIpc) is 2.69.